The van der Waals surface area contributed by atoms with Crippen LogP contribution in [0, 0.1) is 10.1 Å². The molecular formula is C26H24N4O5. The molecule has 3 aromatic carbocycles. The SMILES string of the molecule is COc1cc(CCNC(=O)c2cn(-c3ccccc3)nc2-c2ccccc2)c([N+](=O)[O-])cc1OC. The lowest BCUT2D eigenvalue weighted by Crippen LogP contribution is -2.26. The number of nitrogens with zero attached hydrogens (tertiary/aromatic N) is 3. The Labute approximate surface area is 202 Å². The van der Waals surface area contributed by atoms with Gasteiger partial charge in [0.15, 0.2) is 11.5 Å². The summed E-state index contributed by atoms with van der Waals surface area (Å²) in [6.07, 6.45) is 1.92. The fraction of sp³-hybridized carbons (Fsp3) is 0.154. The maximum atomic E-state index is 13.2. The molecule has 0 aliphatic heterocycles. The van der Waals surface area contributed by atoms with Gasteiger partial charge in [0.1, 0.15) is 5.69 Å². The highest BCUT2D eigenvalue weighted by Crippen LogP contribution is 2.34. The molecule has 9 heteroatoms. The molecule has 0 unspecified atom stereocenters. The third-order valence-corrected chi connectivity index (χ3v) is 5.49. The third-order valence-electron chi connectivity index (χ3n) is 5.49. The summed E-state index contributed by atoms with van der Waals surface area (Å²) in [6, 6.07) is 21.8. The topological polar surface area (TPSA) is 109 Å². The van der Waals surface area contributed by atoms with E-state index in [2.05, 4.69) is 10.4 Å². The molecule has 0 bridgehead atoms. The van der Waals surface area contributed by atoms with E-state index in [-0.39, 0.29) is 30.3 Å². The van der Waals surface area contributed by atoms with Gasteiger partial charge in [-0.15, -0.1) is 0 Å². The van der Waals surface area contributed by atoms with Crippen LogP contribution in [0.1, 0.15) is 15.9 Å². The van der Waals surface area contributed by atoms with Gasteiger partial charge in [-0.25, -0.2) is 4.68 Å². The quantitative estimate of drug-likeness (QED) is 0.285. The number of carbonyl (C=O) groups excluding carboxylic acids is 1. The maximum Gasteiger partial charge on any atom is 0.276 e. The summed E-state index contributed by atoms with van der Waals surface area (Å²) in [5.41, 5.74) is 2.91. The zero-order valence-electron chi connectivity index (χ0n) is 19.3. The predicted molar refractivity (Wildman–Crippen MR) is 131 cm³/mol. The maximum absolute atomic E-state index is 13.2. The zero-order valence-corrected chi connectivity index (χ0v) is 19.3. The molecule has 0 fully saturated rings. The Hall–Kier alpha value is -4.66. The first-order valence-electron chi connectivity index (χ1n) is 10.9. The molecule has 35 heavy (non-hydrogen) atoms. The lowest BCUT2D eigenvalue weighted by molar-refractivity contribution is -0.385. The number of benzene rings is 3. The first kappa shape index (κ1) is 23.5. The predicted octanol–water partition coefficient (Wildman–Crippen LogP) is 4.44. The fourth-order valence-corrected chi connectivity index (χ4v) is 3.75. The number of para-hydroxylation sites is 1. The van der Waals surface area contributed by atoms with Crippen molar-refractivity contribution in [3.05, 3.63) is 100 Å². The van der Waals surface area contributed by atoms with Crippen LogP contribution in [-0.4, -0.2) is 41.4 Å². The molecule has 1 heterocycles. The Kier molecular flexibility index (Phi) is 7.06. The van der Waals surface area contributed by atoms with Gasteiger partial charge in [-0.3, -0.25) is 14.9 Å². The third kappa shape index (κ3) is 5.14. The molecule has 0 saturated heterocycles. The van der Waals surface area contributed by atoms with Crippen molar-refractivity contribution in [2.24, 2.45) is 0 Å². The molecule has 9 nitrogen and oxygen atoms in total. The van der Waals surface area contributed by atoms with E-state index in [0.717, 1.165) is 11.3 Å². The van der Waals surface area contributed by atoms with Crippen LogP contribution in [0.2, 0.25) is 0 Å². The van der Waals surface area contributed by atoms with Crippen molar-refractivity contribution in [3.8, 4) is 28.4 Å². The summed E-state index contributed by atoms with van der Waals surface area (Å²) in [5.74, 6) is 0.330. The summed E-state index contributed by atoms with van der Waals surface area (Å²) in [6.45, 7) is 0.180. The number of carbonyl (C=O) groups is 1. The number of methoxy groups -OCH3 is 2. The van der Waals surface area contributed by atoms with Gasteiger partial charge in [0, 0.05) is 23.9 Å². The van der Waals surface area contributed by atoms with E-state index in [1.165, 1.54) is 20.3 Å². The highest BCUT2D eigenvalue weighted by molar-refractivity contribution is 5.99. The highest BCUT2D eigenvalue weighted by Gasteiger charge is 2.21. The van der Waals surface area contributed by atoms with Crippen LogP contribution in [0.4, 0.5) is 5.69 Å². The molecular weight excluding hydrogens is 448 g/mol. The van der Waals surface area contributed by atoms with E-state index in [0.29, 0.717) is 22.6 Å². The zero-order chi connectivity index (χ0) is 24.8. The van der Waals surface area contributed by atoms with E-state index in [1.54, 1.807) is 16.9 Å². The second-order valence-corrected chi connectivity index (χ2v) is 7.64. The highest BCUT2D eigenvalue weighted by atomic mass is 16.6. The molecule has 0 aliphatic carbocycles. The summed E-state index contributed by atoms with van der Waals surface area (Å²) in [5, 5.41) is 19.1. The number of hydrogen-bond donors (Lipinski definition) is 1. The van der Waals surface area contributed by atoms with Gasteiger partial charge in [-0.1, -0.05) is 48.5 Å². The lowest BCUT2D eigenvalue weighted by Gasteiger charge is -2.11. The summed E-state index contributed by atoms with van der Waals surface area (Å²) >= 11 is 0. The van der Waals surface area contributed by atoms with E-state index in [4.69, 9.17) is 9.47 Å². The summed E-state index contributed by atoms with van der Waals surface area (Å²) in [4.78, 5) is 24.3. The van der Waals surface area contributed by atoms with Crippen molar-refractivity contribution in [2.45, 2.75) is 6.42 Å². The van der Waals surface area contributed by atoms with E-state index in [9.17, 15) is 14.9 Å². The van der Waals surface area contributed by atoms with Crippen LogP contribution < -0.4 is 14.8 Å². The van der Waals surface area contributed by atoms with Crippen LogP contribution in [0.3, 0.4) is 0 Å². The van der Waals surface area contributed by atoms with Gasteiger partial charge in [-0.2, -0.15) is 5.10 Å². The second kappa shape index (κ2) is 10.5. The Bertz CT molecular complexity index is 1340. The molecule has 1 amide bonds. The molecule has 4 rings (SSSR count). The Balaban J connectivity index is 1.58. The Morgan fingerprint density at radius 2 is 1.63 bits per heavy atom. The van der Waals surface area contributed by atoms with Crippen LogP contribution in [0.15, 0.2) is 79.0 Å². The van der Waals surface area contributed by atoms with Gasteiger partial charge in [0.2, 0.25) is 0 Å². The van der Waals surface area contributed by atoms with Crippen molar-refractivity contribution in [1.29, 1.82) is 0 Å². The molecule has 0 spiro atoms. The number of aromatic nitrogens is 2. The van der Waals surface area contributed by atoms with Crippen molar-refractivity contribution in [1.82, 2.24) is 15.1 Å². The molecule has 1 N–H and O–H groups in total. The number of nitro benzene ring substituents is 1. The Morgan fingerprint density at radius 3 is 2.26 bits per heavy atom. The van der Waals surface area contributed by atoms with Gasteiger partial charge < -0.3 is 14.8 Å². The monoisotopic (exact) mass is 472 g/mol. The normalized spacial score (nSPS) is 10.6. The standard InChI is InChI=1S/C26H24N4O5/c1-34-23-15-19(22(30(32)33)16-24(23)35-2)13-14-27-26(31)21-17-29(20-11-7-4-8-12-20)28-25(21)18-9-5-3-6-10-18/h3-12,15-17H,13-14H2,1-2H3,(H,27,31). The van der Waals surface area contributed by atoms with Crippen LogP contribution in [-0.2, 0) is 6.42 Å². The molecule has 0 saturated carbocycles. The van der Waals surface area contributed by atoms with Crippen LogP contribution >= 0.6 is 0 Å². The number of nitrogens with one attached hydrogen (secondary N) is 1. The van der Waals surface area contributed by atoms with Gasteiger partial charge in [0.05, 0.1) is 36.5 Å². The number of hydrogen-bond acceptors (Lipinski definition) is 6. The summed E-state index contributed by atoms with van der Waals surface area (Å²) in [7, 11) is 2.88. The molecule has 0 aliphatic rings. The molecule has 0 radical (unpaired) electrons. The van der Waals surface area contributed by atoms with Crippen molar-refractivity contribution in [2.75, 3.05) is 20.8 Å². The first-order valence-corrected chi connectivity index (χ1v) is 10.9. The fourth-order valence-electron chi connectivity index (χ4n) is 3.75. The van der Waals surface area contributed by atoms with E-state index in [1.807, 2.05) is 60.7 Å². The summed E-state index contributed by atoms with van der Waals surface area (Å²) < 4.78 is 12.1. The van der Waals surface area contributed by atoms with E-state index < -0.39 is 4.92 Å². The lowest BCUT2D eigenvalue weighted by atomic mass is 10.1. The molecule has 4 aromatic rings. The van der Waals surface area contributed by atoms with Crippen molar-refractivity contribution >= 4 is 11.6 Å². The van der Waals surface area contributed by atoms with Crippen molar-refractivity contribution < 1.29 is 19.2 Å². The van der Waals surface area contributed by atoms with Gasteiger partial charge in [0.25, 0.3) is 11.6 Å². The first-order chi connectivity index (χ1) is 17.0. The largest absolute Gasteiger partial charge is 0.493 e. The minimum absolute atomic E-state index is 0.0984. The number of nitro groups is 1. The average Bonchev–Trinajstić information content (AvgIpc) is 3.35. The van der Waals surface area contributed by atoms with Gasteiger partial charge in [-0.05, 0) is 24.6 Å². The van der Waals surface area contributed by atoms with Gasteiger partial charge >= 0.3 is 0 Å². The number of amides is 1. The average molecular weight is 473 g/mol. The smallest absolute Gasteiger partial charge is 0.276 e. The van der Waals surface area contributed by atoms with Crippen LogP contribution in [0.5, 0.6) is 11.5 Å². The number of ether oxygens (including phenoxy) is 2. The van der Waals surface area contributed by atoms with E-state index >= 15 is 0 Å². The Morgan fingerprint density at radius 1 is 1.00 bits per heavy atom. The minimum Gasteiger partial charge on any atom is -0.493 e. The minimum atomic E-state index is -0.476. The van der Waals surface area contributed by atoms with Crippen molar-refractivity contribution in [3.63, 3.8) is 0 Å². The molecule has 0 atom stereocenters. The second-order valence-electron chi connectivity index (χ2n) is 7.64. The van der Waals surface area contributed by atoms with Crippen LogP contribution in [0.25, 0.3) is 16.9 Å². The number of rotatable bonds is 9. The molecule has 178 valence electrons. The molecule has 1 aromatic heterocycles.